The Hall–Kier alpha value is -1.46. The summed E-state index contributed by atoms with van der Waals surface area (Å²) >= 11 is 0. The van der Waals surface area contributed by atoms with Gasteiger partial charge in [-0.3, -0.25) is 9.35 Å². The molecule has 14 heteroatoms. The quantitative estimate of drug-likeness (QED) is 0.0176. The molecule has 1 fully saturated rings. The predicted molar refractivity (Wildman–Crippen MR) is 238 cm³/mol. The van der Waals surface area contributed by atoms with Crippen molar-refractivity contribution >= 4 is 16.3 Å². The van der Waals surface area contributed by atoms with E-state index in [1.54, 1.807) is 0 Å². The fraction of sp³-hybridized carbons (Fsp3) is 0.891. The Morgan fingerprint density at radius 3 is 1.55 bits per heavy atom. The molecule has 1 heterocycles. The molecular formula is C46H87NO12S. The van der Waals surface area contributed by atoms with Crippen LogP contribution in [0.15, 0.2) is 24.3 Å². The Labute approximate surface area is 364 Å². The normalized spacial score (nSPS) is 21.5. The second kappa shape index (κ2) is 37.0. The lowest BCUT2D eigenvalue weighted by atomic mass is 9.99. The highest BCUT2D eigenvalue weighted by Crippen LogP contribution is 2.26. The van der Waals surface area contributed by atoms with E-state index in [-0.39, 0.29) is 6.42 Å². The van der Waals surface area contributed by atoms with Crippen LogP contribution >= 0.6 is 0 Å². The second-order valence-corrected chi connectivity index (χ2v) is 17.9. The lowest BCUT2D eigenvalue weighted by molar-refractivity contribution is -0.298. The van der Waals surface area contributed by atoms with Crippen molar-refractivity contribution in [3.05, 3.63) is 24.3 Å². The summed E-state index contributed by atoms with van der Waals surface area (Å²) in [5, 5.41) is 55.0. The minimum absolute atomic E-state index is 0.237. The highest BCUT2D eigenvalue weighted by molar-refractivity contribution is 7.80. The second-order valence-electron chi connectivity index (χ2n) is 16.8. The molecule has 1 amide bonds. The van der Waals surface area contributed by atoms with E-state index in [1.165, 1.54) is 115 Å². The van der Waals surface area contributed by atoms with Crippen LogP contribution in [0.5, 0.6) is 0 Å². The first-order valence-electron chi connectivity index (χ1n) is 23.8. The minimum Gasteiger partial charge on any atom is -0.394 e. The largest absolute Gasteiger partial charge is 0.397 e. The van der Waals surface area contributed by atoms with Crippen LogP contribution < -0.4 is 5.32 Å². The van der Waals surface area contributed by atoms with Crippen LogP contribution in [0, 0.1) is 0 Å². The Bertz CT molecular complexity index is 1190. The molecule has 1 saturated heterocycles. The van der Waals surface area contributed by atoms with Gasteiger partial charge in [0.15, 0.2) is 6.29 Å². The lowest BCUT2D eigenvalue weighted by Gasteiger charge is -2.41. The van der Waals surface area contributed by atoms with Crippen molar-refractivity contribution in [3.63, 3.8) is 0 Å². The molecule has 8 atom stereocenters. The van der Waals surface area contributed by atoms with Crippen molar-refractivity contribution in [2.45, 2.75) is 249 Å². The van der Waals surface area contributed by atoms with Crippen LogP contribution in [0.1, 0.15) is 200 Å². The highest BCUT2D eigenvalue weighted by atomic mass is 32.3. The number of ether oxygens (including phenoxy) is 2. The average Bonchev–Trinajstić information content (AvgIpc) is 3.22. The summed E-state index contributed by atoms with van der Waals surface area (Å²) in [5.74, 6) is -0.709. The van der Waals surface area contributed by atoms with E-state index < -0.39 is 78.5 Å². The number of hydrogen-bond acceptors (Lipinski definition) is 11. The van der Waals surface area contributed by atoms with Crippen molar-refractivity contribution in [2.24, 2.45) is 0 Å². The Balaban J connectivity index is 2.45. The van der Waals surface area contributed by atoms with E-state index in [2.05, 4.69) is 35.5 Å². The highest BCUT2D eigenvalue weighted by Gasteiger charge is 2.48. The summed E-state index contributed by atoms with van der Waals surface area (Å²) in [6, 6.07) is -1.12. The molecule has 8 unspecified atom stereocenters. The molecule has 1 rings (SSSR count). The van der Waals surface area contributed by atoms with Gasteiger partial charge in [0, 0.05) is 0 Å². The zero-order chi connectivity index (χ0) is 44.3. The van der Waals surface area contributed by atoms with E-state index in [9.17, 15) is 38.7 Å². The number of allylic oxidation sites excluding steroid dienone is 3. The van der Waals surface area contributed by atoms with Gasteiger partial charge >= 0.3 is 10.4 Å². The number of nitrogens with one attached hydrogen (secondary N) is 1. The number of rotatable bonds is 40. The molecule has 0 aromatic rings. The molecule has 7 N–H and O–H groups in total. The topological polar surface area (TPSA) is 212 Å². The van der Waals surface area contributed by atoms with E-state index in [4.69, 9.17) is 14.0 Å². The molecular weight excluding hydrogens is 791 g/mol. The molecule has 60 heavy (non-hydrogen) atoms. The van der Waals surface area contributed by atoms with Crippen LogP contribution in [0.4, 0.5) is 0 Å². The maximum Gasteiger partial charge on any atom is 0.397 e. The third-order valence-corrected chi connectivity index (χ3v) is 11.8. The van der Waals surface area contributed by atoms with E-state index in [1.807, 2.05) is 6.08 Å². The summed E-state index contributed by atoms with van der Waals surface area (Å²) in [6.07, 6.45) is 30.0. The SMILES string of the molecule is CCCCCCCCC/C=C/C(O)C(COC1OC(CO)C(O)C(OS(=O)(=O)O)C1O)NC(=O)C(O)CCCCCCCC/C=C\CCCCCCCCCCCCCC. The standard InChI is InChI=1S/C46H87NO12S/c1-3-5-7-9-11-13-14-15-16-17-18-19-20-21-22-23-24-25-27-29-31-33-35-40(50)45(53)47-38(39(49)34-32-30-28-26-12-10-8-6-4-2)37-57-46-43(52)44(59-60(54,55)56)42(51)41(36-48)58-46/h21-22,32,34,38-44,46,48-52H,3-20,23-31,33,35-37H2,1-2H3,(H,47,53)(H,54,55,56)/b22-21-,34-32+. The summed E-state index contributed by atoms with van der Waals surface area (Å²) < 4.78 is 47.4. The van der Waals surface area contributed by atoms with Crippen molar-refractivity contribution in [1.82, 2.24) is 5.32 Å². The number of amides is 1. The van der Waals surface area contributed by atoms with Crippen LogP contribution in [0.25, 0.3) is 0 Å². The fourth-order valence-corrected chi connectivity index (χ4v) is 8.02. The monoisotopic (exact) mass is 878 g/mol. The molecule has 0 radical (unpaired) electrons. The summed E-state index contributed by atoms with van der Waals surface area (Å²) in [6.45, 7) is 3.18. The fourth-order valence-electron chi connectivity index (χ4n) is 7.51. The molecule has 0 aromatic carbocycles. The van der Waals surface area contributed by atoms with Gasteiger partial charge in [-0.1, -0.05) is 179 Å². The molecule has 1 aliphatic rings. The maximum absolute atomic E-state index is 13.1. The summed E-state index contributed by atoms with van der Waals surface area (Å²) in [7, 11) is -5.11. The molecule has 0 aromatic heterocycles. The maximum atomic E-state index is 13.1. The van der Waals surface area contributed by atoms with Gasteiger partial charge in [0.05, 0.1) is 25.4 Å². The Morgan fingerprint density at radius 1 is 0.667 bits per heavy atom. The van der Waals surface area contributed by atoms with Crippen LogP contribution in [0.3, 0.4) is 0 Å². The first-order chi connectivity index (χ1) is 28.9. The van der Waals surface area contributed by atoms with Gasteiger partial charge in [-0.05, 0) is 44.9 Å². The molecule has 1 aliphatic heterocycles. The van der Waals surface area contributed by atoms with E-state index in [0.29, 0.717) is 12.8 Å². The number of aliphatic hydroxyl groups is 5. The van der Waals surface area contributed by atoms with Crippen molar-refractivity contribution < 1.29 is 57.0 Å². The van der Waals surface area contributed by atoms with Gasteiger partial charge in [0.25, 0.3) is 0 Å². The van der Waals surface area contributed by atoms with E-state index in [0.717, 1.165) is 57.8 Å². The van der Waals surface area contributed by atoms with Gasteiger partial charge in [0.2, 0.25) is 5.91 Å². The van der Waals surface area contributed by atoms with Crippen LogP contribution in [0.2, 0.25) is 0 Å². The lowest BCUT2D eigenvalue weighted by Crippen LogP contribution is -2.61. The Morgan fingerprint density at radius 2 is 1.10 bits per heavy atom. The zero-order valence-electron chi connectivity index (χ0n) is 37.4. The number of carbonyl (C=O) groups is 1. The van der Waals surface area contributed by atoms with Crippen LogP contribution in [-0.4, -0.2) is 107 Å². The third kappa shape index (κ3) is 29.0. The zero-order valence-corrected chi connectivity index (χ0v) is 38.2. The minimum atomic E-state index is -5.11. The van der Waals surface area contributed by atoms with Gasteiger partial charge in [-0.2, -0.15) is 8.42 Å². The van der Waals surface area contributed by atoms with Gasteiger partial charge in [-0.15, -0.1) is 0 Å². The molecule has 0 aliphatic carbocycles. The van der Waals surface area contributed by atoms with Crippen LogP contribution in [-0.2, 0) is 28.9 Å². The Kier molecular flexibility index (Phi) is 34.8. The van der Waals surface area contributed by atoms with E-state index >= 15 is 0 Å². The average molecular weight is 878 g/mol. The third-order valence-electron chi connectivity index (χ3n) is 11.3. The number of aliphatic hydroxyl groups excluding tert-OH is 5. The van der Waals surface area contributed by atoms with Crippen molar-refractivity contribution in [3.8, 4) is 0 Å². The smallest absolute Gasteiger partial charge is 0.394 e. The first kappa shape index (κ1) is 56.6. The summed E-state index contributed by atoms with van der Waals surface area (Å²) in [4.78, 5) is 13.1. The van der Waals surface area contributed by atoms with Crippen molar-refractivity contribution in [2.75, 3.05) is 13.2 Å². The van der Waals surface area contributed by atoms with Gasteiger partial charge in [0.1, 0.15) is 30.5 Å². The van der Waals surface area contributed by atoms with Gasteiger partial charge in [-0.25, -0.2) is 4.18 Å². The van der Waals surface area contributed by atoms with Gasteiger partial charge < -0.3 is 40.3 Å². The number of carbonyl (C=O) groups excluding carboxylic acids is 1. The first-order valence-corrected chi connectivity index (χ1v) is 25.2. The molecule has 0 spiro atoms. The number of hydrogen-bond donors (Lipinski definition) is 7. The molecule has 0 bridgehead atoms. The predicted octanol–water partition coefficient (Wildman–Crippen LogP) is 8.30. The van der Waals surface area contributed by atoms with Crippen molar-refractivity contribution in [1.29, 1.82) is 0 Å². The molecule has 354 valence electrons. The summed E-state index contributed by atoms with van der Waals surface area (Å²) in [5.41, 5.74) is 0. The molecule has 0 saturated carbocycles. The number of unbranched alkanes of at least 4 members (excludes halogenated alkanes) is 25. The molecule has 13 nitrogen and oxygen atoms in total.